The van der Waals surface area contributed by atoms with Crippen molar-refractivity contribution in [1.29, 1.82) is 0 Å². The lowest BCUT2D eigenvalue weighted by Gasteiger charge is -2.06. The predicted molar refractivity (Wildman–Crippen MR) is 114 cm³/mol. The van der Waals surface area contributed by atoms with Crippen LogP contribution in [0.4, 0.5) is 11.4 Å². The van der Waals surface area contributed by atoms with Crippen LogP contribution in [0.5, 0.6) is 0 Å². The second kappa shape index (κ2) is 10.2. The zero-order valence-corrected chi connectivity index (χ0v) is 17.7. The number of aliphatic imine (C=N–C) groups is 1. The largest absolute Gasteiger partial charge is 0.481 e. The molecule has 0 aliphatic carbocycles. The SMILES string of the molecule is CC(=O)O.Nc1ccc(C=Cc2ccc(N=C=S)cc2S(=O)(=O)O)c(S(=O)(=O)O)c1. The van der Waals surface area contributed by atoms with Gasteiger partial charge in [-0.15, -0.1) is 0 Å². The minimum absolute atomic E-state index is 0.0638. The molecule has 0 unspecified atom stereocenters. The first-order chi connectivity index (χ1) is 13.8. The number of rotatable bonds is 5. The maximum atomic E-state index is 11.6. The number of carboxylic acid groups (broad SMARTS) is 1. The van der Waals surface area contributed by atoms with Crippen LogP contribution in [0.2, 0.25) is 0 Å². The highest BCUT2D eigenvalue weighted by molar-refractivity contribution is 7.86. The van der Waals surface area contributed by atoms with Gasteiger partial charge in [0.2, 0.25) is 0 Å². The number of isothiocyanates is 1. The summed E-state index contributed by atoms with van der Waals surface area (Å²) in [5, 5.41) is 9.49. The lowest BCUT2D eigenvalue weighted by atomic mass is 10.1. The fourth-order valence-electron chi connectivity index (χ4n) is 2.10. The van der Waals surface area contributed by atoms with E-state index in [4.69, 9.17) is 15.6 Å². The van der Waals surface area contributed by atoms with Crippen molar-refractivity contribution in [3.05, 3.63) is 47.5 Å². The molecule has 0 saturated heterocycles. The van der Waals surface area contributed by atoms with Crippen molar-refractivity contribution in [2.24, 2.45) is 4.99 Å². The Labute approximate surface area is 177 Å². The Kier molecular flexibility index (Phi) is 8.54. The van der Waals surface area contributed by atoms with E-state index in [1.54, 1.807) is 0 Å². The summed E-state index contributed by atoms with van der Waals surface area (Å²) in [6.45, 7) is 1.08. The Morgan fingerprint density at radius 2 is 1.43 bits per heavy atom. The van der Waals surface area contributed by atoms with Gasteiger partial charge in [-0.05, 0) is 47.6 Å². The Balaban J connectivity index is 0.00000103. The number of nitrogen functional groups attached to an aromatic ring is 1. The van der Waals surface area contributed by atoms with Crippen LogP contribution in [0.3, 0.4) is 0 Å². The van der Waals surface area contributed by atoms with Gasteiger partial charge in [-0.1, -0.05) is 24.3 Å². The molecule has 0 radical (unpaired) electrons. The van der Waals surface area contributed by atoms with Crippen LogP contribution >= 0.6 is 12.2 Å². The van der Waals surface area contributed by atoms with Crippen LogP contribution in [-0.2, 0) is 25.0 Å². The molecule has 0 fully saturated rings. The van der Waals surface area contributed by atoms with Crippen LogP contribution in [0.15, 0.2) is 51.2 Å². The number of anilines is 1. The van der Waals surface area contributed by atoms with Crippen LogP contribution < -0.4 is 5.73 Å². The summed E-state index contributed by atoms with van der Waals surface area (Å²) in [7, 11) is -9.13. The molecule has 0 heterocycles. The molecule has 2 rings (SSSR count). The second-order valence-corrected chi connectivity index (χ2v) is 8.49. The molecule has 0 saturated carbocycles. The molecule has 0 atom stereocenters. The monoisotopic (exact) mass is 472 g/mol. The quantitative estimate of drug-likeness (QED) is 0.166. The zero-order chi connectivity index (χ0) is 23.1. The van der Waals surface area contributed by atoms with Crippen LogP contribution in [0, 0.1) is 0 Å². The van der Waals surface area contributed by atoms with E-state index in [2.05, 4.69) is 22.4 Å². The summed E-state index contributed by atoms with van der Waals surface area (Å²) in [4.78, 5) is 11.7. The van der Waals surface area contributed by atoms with Gasteiger partial charge in [-0.25, -0.2) is 0 Å². The van der Waals surface area contributed by atoms with Gasteiger partial charge in [0.25, 0.3) is 26.2 Å². The highest BCUT2D eigenvalue weighted by atomic mass is 32.2. The molecule has 0 aromatic heterocycles. The zero-order valence-electron chi connectivity index (χ0n) is 15.3. The number of benzene rings is 2. The minimum atomic E-state index is -4.58. The Morgan fingerprint density at radius 1 is 1.00 bits per heavy atom. The number of carbonyl (C=O) groups is 1. The molecule has 10 nitrogen and oxygen atoms in total. The first-order valence-corrected chi connectivity index (χ1v) is 11.0. The van der Waals surface area contributed by atoms with Gasteiger partial charge in [0.05, 0.1) is 10.8 Å². The lowest BCUT2D eigenvalue weighted by Crippen LogP contribution is -2.02. The smallest absolute Gasteiger partial charge is 0.300 e. The third-order valence-electron chi connectivity index (χ3n) is 3.21. The summed E-state index contributed by atoms with van der Waals surface area (Å²) in [5.74, 6) is -0.833. The Bertz CT molecular complexity index is 1240. The third kappa shape index (κ3) is 7.83. The van der Waals surface area contributed by atoms with E-state index in [9.17, 15) is 25.9 Å². The molecule has 30 heavy (non-hydrogen) atoms. The van der Waals surface area contributed by atoms with Crippen molar-refractivity contribution in [1.82, 2.24) is 0 Å². The molecular formula is C17H16N2O8S3. The molecule has 5 N–H and O–H groups in total. The van der Waals surface area contributed by atoms with Gasteiger partial charge in [0.1, 0.15) is 9.79 Å². The summed E-state index contributed by atoms with van der Waals surface area (Å²) < 4.78 is 64.7. The Hall–Kier alpha value is -2.93. The molecule has 0 aliphatic heterocycles. The van der Waals surface area contributed by atoms with Gasteiger partial charge in [0.15, 0.2) is 0 Å². The fourth-order valence-corrected chi connectivity index (χ4v) is 3.63. The molecule has 2 aromatic rings. The van der Waals surface area contributed by atoms with E-state index in [0.29, 0.717) is 0 Å². The van der Waals surface area contributed by atoms with Crippen LogP contribution in [0.25, 0.3) is 12.2 Å². The van der Waals surface area contributed by atoms with Crippen molar-refractivity contribution >= 4 is 67.1 Å². The second-order valence-electron chi connectivity index (χ2n) is 5.52. The first kappa shape index (κ1) is 25.1. The third-order valence-corrected chi connectivity index (χ3v) is 5.12. The van der Waals surface area contributed by atoms with Crippen LogP contribution in [0.1, 0.15) is 18.1 Å². The number of hydrogen-bond acceptors (Lipinski definition) is 8. The number of carboxylic acids is 1. The average Bonchev–Trinajstić information content (AvgIpc) is 2.59. The van der Waals surface area contributed by atoms with Gasteiger partial charge in [0, 0.05) is 12.6 Å². The predicted octanol–water partition coefficient (Wildman–Crippen LogP) is 2.76. The maximum absolute atomic E-state index is 11.6. The van der Waals surface area contributed by atoms with Crippen LogP contribution in [-0.4, -0.2) is 42.2 Å². The molecule has 0 spiro atoms. The highest BCUT2D eigenvalue weighted by Gasteiger charge is 2.17. The summed E-state index contributed by atoms with van der Waals surface area (Å²) in [6.07, 6.45) is 2.52. The van der Waals surface area contributed by atoms with Crippen molar-refractivity contribution in [2.75, 3.05) is 5.73 Å². The molecule has 160 valence electrons. The number of nitrogens with two attached hydrogens (primary N) is 1. The van der Waals surface area contributed by atoms with Gasteiger partial charge in [-0.3, -0.25) is 13.9 Å². The van der Waals surface area contributed by atoms with Gasteiger partial charge < -0.3 is 10.8 Å². The highest BCUT2D eigenvalue weighted by Crippen LogP contribution is 2.26. The van der Waals surface area contributed by atoms with Gasteiger partial charge >= 0.3 is 0 Å². The topological polar surface area (TPSA) is 184 Å². The molecule has 0 aliphatic rings. The van der Waals surface area contributed by atoms with Gasteiger partial charge in [-0.2, -0.15) is 21.8 Å². The van der Waals surface area contributed by atoms with E-state index < -0.39 is 36.0 Å². The Morgan fingerprint density at radius 3 is 1.87 bits per heavy atom. The number of aliphatic carboxylic acids is 1. The van der Waals surface area contributed by atoms with E-state index in [1.165, 1.54) is 36.4 Å². The average molecular weight is 473 g/mol. The maximum Gasteiger partial charge on any atom is 0.300 e. The first-order valence-electron chi connectivity index (χ1n) is 7.69. The number of hydrogen-bond donors (Lipinski definition) is 4. The van der Waals surface area contributed by atoms with E-state index >= 15 is 0 Å². The molecule has 0 amide bonds. The normalized spacial score (nSPS) is 11.3. The van der Waals surface area contributed by atoms with E-state index in [0.717, 1.165) is 19.1 Å². The molecule has 13 heteroatoms. The number of nitrogens with zero attached hydrogens (tertiary/aromatic N) is 1. The fraction of sp³-hybridized carbons (Fsp3) is 0.0588. The summed E-state index contributed by atoms with van der Waals surface area (Å²) in [6, 6.07) is 7.68. The lowest BCUT2D eigenvalue weighted by molar-refractivity contribution is -0.134. The van der Waals surface area contributed by atoms with E-state index in [-0.39, 0.29) is 22.5 Å². The van der Waals surface area contributed by atoms with E-state index in [1.807, 2.05) is 0 Å². The van der Waals surface area contributed by atoms with Crippen molar-refractivity contribution in [3.63, 3.8) is 0 Å². The summed E-state index contributed by atoms with van der Waals surface area (Å²) in [5.41, 5.74) is 5.94. The molecular weight excluding hydrogens is 456 g/mol. The molecule has 0 bridgehead atoms. The standard InChI is InChI=1S/C15H12N2O6S3.C2H4O2/c16-12-5-3-10(14(7-12)25(18,19)20)1-2-11-4-6-13(17-9-24)8-15(11)26(21,22)23;1-2(3)4/h1-8H,16H2,(H,18,19,20)(H,21,22,23);1H3,(H,3,4). The van der Waals surface area contributed by atoms with Crippen molar-refractivity contribution < 1.29 is 35.8 Å². The van der Waals surface area contributed by atoms with Crippen molar-refractivity contribution in [2.45, 2.75) is 16.7 Å². The minimum Gasteiger partial charge on any atom is -0.481 e. The van der Waals surface area contributed by atoms with Crippen molar-refractivity contribution in [3.8, 4) is 0 Å². The summed E-state index contributed by atoms with van der Waals surface area (Å²) >= 11 is 4.44. The molecule has 2 aromatic carbocycles. The number of thiocarbonyl (C=S) groups is 1.